The highest BCUT2D eigenvalue weighted by Crippen LogP contribution is 2.36. The fraction of sp³-hybridized carbons (Fsp3) is 0.143. The van der Waals surface area contributed by atoms with E-state index in [0.717, 1.165) is 0 Å². The molecule has 6 heteroatoms. The van der Waals surface area contributed by atoms with Crippen molar-refractivity contribution in [2.45, 2.75) is 0 Å². The standard InChI is InChI=1S/C14H13FN2O3/c1-20-12-4-2-3-10(15)14(12)9-5-6-16-7-11(9)17-8-13(18)19/h2-7,17H,8H2,1H3,(H,18,19). The van der Waals surface area contributed by atoms with Crippen LogP contribution in [0.3, 0.4) is 0 Å². The number of halogens is 1. The molecule has 2 aromatic rings. The van der Waals surface area contributed by atoms with Gasteiger partial charge in [0.1, 0.15) is 18.1 Å². The van der Waals surface area contributed by atoms with Gasteiger partial charge in [-0.25, -0.2) is 4.39 Å². The van der Waals surface area contributed by atoms with Gasteiger partial charge in [0.05, 0.1) is 24.6 Å². The van der Waals surface area contributed by atoms with Crippen LogP contribution in [-0.4, -0.2) is 29.7 Å². The van der Waals surface area contributed by atoms with Crippen LogP contribution in [0, 0.1) is 5.82 Å². The third kappa shape index (κ3) is 2.85. The topological polar surface area (TPSA) is 71.5 Å². The molecule has 1 heterocycles. The van der Waals surface area contributed by atoms with E-state index >= 15 is 0 Å². The maximum atomic E-state index is 14.1. The van der Waals surface area contributed by atoms with Crippen LogP contribution >= 0.6 is 0 Å². The Balaban J connectivity index is 2.50. The fourth-order valence-corrected chi connectivity index (χ4v) is 1.86. The van der Waals surface area contributed by atoms with Crippen molar-refractivity contribution in [1.82, 2.24) is 4.98 Å². The van der Waals surface area contributed by atoms with Crippen LogP contribution in [0.25, 0.3) is 11.1 Å². The zero-order valence-electron chi connectivity index (χ0n) is 10.8. The number of nitrogens with zero attached hydrogens (tertiary/aromatic N) is 1. The largest absolute Gasteiger partial charge is 0.496 e. The molecule has 0 unspecified atom stereocenters. The molecule has 0 spiro atoms. The minimum atomic E-state index is -1.01. The number of hydrogen-bond donors (Lipinski definition) is 2. The fourth-order valence-electron chi connectivity index (χ4n) is 1.86. The molecule has 0 aliphatic heterocycles. The van der Waals surface area contributed by atoms with Crippen LogP contribution < -0.4 is 10.1 Å². The molecular formula is C14H13FN2O3. The van der Waals surface area contributed by atoms with E-state index < -0.39 is 11.8 Å². The molecule has 0 saturated heterocycles. The number of methoxy groups -OCH3 is 1. The number of pyridine rings is 1. The maximum absolute atomic E-state index is 14.1. The van der Waals surface area contributed by atoms with E-state index in [9.17, 15) is 9.18 Å². The molecule has 1 aromatic carbocycles. The first kappa shape index (κ1) is 13.8. The van der Waals surface area contributed by atoms with Gasteiger partial charge >= 0.3 is 5.97 Å². The van der Waals surface area contributed by atoms with Gasteiger partial charge in [0.15, 0.2) is 0 Å². The van der Waals surface area contributed by atoms with Crippen molar-refractivity contribution in [2.75, 3.05) is 19.0 Å². The summed E-state index contributed by atoms with van der Waals surface area (Å²) in [7, 11) is 1.45. The van der Waals surface area contributed by atoms with Crippen LogP contribution in [-0.2, 0) is 4.79 Å². The number of carbonyl (C=O) groups is 1. The van der Waals surface area contributed by atoms with Crippen LogP contribution in [0.4, 0.5) is 10.1 Å². The molecule has 2 N–H and O–H groups in total. The average molecular weight is 276 g/mol. The summed E-state index contributed by atoms with van der Waals surface area (Å²) in [6.45, 7) is -0.282. The summed E-state index contributed by atoms with van der Waals surface area (Å²) in [5.74, 6) is -1.09. The smallest absolute Gasteiger partial charge is 0.322 e. The van der Waals surface area contributed by atoms with Crippen molar-refractivity contribution < 1.29 is 19.0 Å². The van der Waals surface area contributed by atoms with Gasteiger partial charge in [-0.15, -0.1) is 0 Å². The van der Waals surface area contributed by atoms with Crippen LogP contribution in [0.15, 0.2) is 36.7 Å². The highest BCUT2D eigenvalue weighted by molar-refractivity contribution is 5.83. The number of rotatable bonds is 5. The van der Waals surface area contributed by atoms with E-state index in [1.54, 1.807) is 18.2 Å². The maximum Gasteiger partial charge on any atom is 0.322 e. The van der Waals surface area contributed by atoms with Gasteiger partial charge < -0.3 is 15.2 Å². The molecule has 2 rings (SSSR count). The molecule has 1 aromatic heterocycles. The van der Waals surface area contributed by atoms with Gasteiger partial charge in [0.2, 0.25) is 0 Å². The monoisotopic (exact) mass is 276 g/mol. The lowest BCUT2D eigenvalue weighted by Crippen LogP contribution is -2.13. The zero-order valence-corrected chi connectivity index (χ0v) is 10.8. The summed E-state index contributed by atoms with van der Waals surface area (Å²) in [6.07, 6.45) is 2.96. The van der Waals surface area contributed by atoms with Crippen molar-refractivity contribution >= 4 is 11.7 Å². The number of aliphatic carboxylic acids is 1. The quantitative estimate of drug-likeness (QED) is 0.877. The Bertz CT molecular complexity index is 632. The first-order valence-electron chi connectivity index (χ1n) is 5.86. The lowest BCUT2D eigenvalue weighted by atomic mass is 10.0. The van der Waals surface area contributed by atoms with E-state index in [0.29, 0.717) is 17.0 Å². The molecule has 104 valence electrons. The number of carboxylic acids is 1. The Morgan fingerprint density at radius 2 is 2.25 bits per heavy atom. The molecule has 20 heavy (non-hydrogen) atoms. The molecule has 0 saturated carbocycles. The minimum Gasteiger partial charge on any atom is -0.496 e. The second-order valence-corrected chi connectivity index (χ2v) is 3.99. The van der Waals surface area contributed by atoms with E-state index in [2.05, 4.69) is 10.3 Å². The van der Waals surface area contributed by atoms with Crippen LogP contribution in [0.5, 0.6) is 5.75 Å². The Labute approximate surface area is 115 Å². The first-order chi connectivity index (χ1) is 9.63. The van der Waals surface area contributed by atoms with Crippen LogP contribution in [0.2, 0.25) is 0 Å². The predicted molar refractivity (Wildman–Crippen MR) is 72.3 cm³/mol. The highest BCUT2D eigenvalue weighted by atomic mass is 19.1. The predicted octanol–water partition coefficient (Wildman–Crippen LogP) is 2.39. The van der Waals surface area contributed by atoms with E-state index in [1.165, 1.54) is 25.6 Å². The number of aromatic nitrogens is 1. The van der Waals surface area contributed by atoms with Crippen molar-refractivity contribution in [3.8, 4) is 16.9 Å². The molecule has 0 bridgehead atoms. The lowest BCUT2D eigenvalue weighted by molar-refractivity contribution is -0.134. The molecule has 0 aliphatic carbocycles. The van der Waals surface area contributed by atoms with Gasteiger partial charge in [0, 0.05) is 11.8 Å². The van der Waals surface area contributed by atoms with Gasteiger partial charge in [-0.3, -0.25) is 9.78 Å². The van der Waals surface area contributed by atoms with Crippen LogP contribution in [0.1, 0.15) is 0 Å². The number of ether oxygens (including phenoxy) is 1. The number of nitrogens with one attached hydrogen (secondary N) is 1. The van der Waals surface area contributed by atoms with Gasteiger partial charge in [-0.2, -0.15) is 0 Å². The zero-order chi connectivity index (χ0) is 14.5. The second kappa shape index (κ2) is 6.01. The Morgan fingerprint density at radius 1 is 1.45 bits per heavy atom. The number of hydrogen-bond acceptors (Lipinski definition) is 4. The van der Waals surface area contributed by atoms with E-state index in [1.807, 2.05) is 0 Å². The van der Waals surface area contributed by atoms with Crippen molar-refractivity contribution in [3.05, 3.63) is 42.5 Å². The third-order valence-corrected chi connectivity index (χ3v) is 2.72. The Kier molecular flexibility index (Phi) is 4.14. The number of anilines is 1. The third-order valence-electron chi connectivity index (χ3n) is 2.72. The molecule has 0 fully saturated rings. The highest BCUT2D eigenvalue weighted by Gasteiger charge is 2.15. The van der Waals surface area contributed by atoms with Gasteiger partial charge in [-0.1, -0.05) is 6.07 Å². The summed E-state index contributed by atoms with van der Waals surface area (Å²) in [4.78, 5) is 14.5. The second-order valence-electron chi connectivity index (χ2n) is 3.99. The Morgan fingerprint density at radius 3 is 2.95 bits per heavy atom. The molecular weight excluding hydrogens is 263 g/mol. The normalized spacial score (nSPS) is 10.1. The summed E-state index contributed by atoms with van der Waals surface area (Å²) in [5.41, 5.74) is 1.19. The molecule has 5 nitrogen and oxygen atoms in total. The molecule has 0 aliphatic rings. The Hall–Kier alpha value is -2.63. The molecule has 0 atom stereocenters. The van der Waals surface area contributed by atoms with Crippen molar-refractivity contribution in [2.24, 2.45) is 0 Å². The summed E-state index contributed by atoms with van der Waals surface area (Å²) < 4.78 is 19.2. The summed E-state index contributed by atoms with van der Waals surface area (Å²) in [6, 6.07) is 6.10. The van der Waals surface area contributed by atoms with E-state index in [4.69, 9.17) is 9.84 Å². The molecule has 0 radical (unpaired) electrons. The van der Waals surface area contributed by atoms with Gasteiger partial charge in [0.25, 0.3) is 0 Å². The SMILES string of the molecule is COc1cccc(F)c1-c1ccncc1NCC(=O)O. The lowest BCUT2D eigenvalue weighted by Gasteiger charge is -2.14. The first-order valence-corrected chi connectivity index (χ1v) is 5.86. The summed E-state index contributed by atoms with van der Waals surface area (Å²) in [5, 5.41) is 11.4. The van der Waals surface area contributed by atoms with Crippen molar-refractivity contribution in [1.29, 1.82) is 0 Å². The number of benzene rings is 1. The van der Waals surface area contributed by atoms with Crippen molar-refractivity contribution in [3.63, 3.8) is 0 Å². The number of carboxylic acid groups (broad SMARTS) is 1. The molecule has 0 amide bonds. The summed E-state index contributed by atoms with van der Waals surface area (Å²) >= 11 is 0. The minimum absolute atomic E-state index is 0.269. The van der Waals surface area contributed by atoms with Gasteiger partial charge in [-0.05, 0) is 18.2 Å². The van der Waals surface area contributed by atoms with E-state index in [-0.39, 0.29) is 12.1 Å². The average Bonchev–Trinajstić information content (AvgIpc) is 2.45.